The lowest BCUT2D eigenvalue weighted by molar-refractivity contribution is 0.187. The number of hydrogen-bond donors (Lipinski definition) is 0. The summed E-state index contributed by atoms with van der Waals surface area (Å²) in [5, 5.41) is 0. The van der Waals surface area contributed by atoms with E-state index in [2.05, 4.69) is 43.5 Å². The van der Waals surface area contributed by atoms with Gasteiger partial charge in [0.1, 0.15) is 5.82 Å². The maximum absolute atomic E-state index is 6.16. The molecule has 1 aliphatic carbocycles. The first-order valence-electron chi connectivity index (χ1n) is 7.65. The molecule has 1 fully saturated rings. The zero-order valence-electron chi connectivity index (χ0n) is 12.6. The largest absolute Gasteiger partial charge is 0.324 e. The van der Waals surface area contributed by atoms with Crippen LogP contribution in [0.25, 0.3) is 11.0 Å². The first kappa shape index (κ1) is 13.9. The molecule has 3 atom stereocenters. The Labute approximate surface area is 126 Å². The number of hydrogen-bond acceptors (Lipinski definition) is 1. The lowest BCUT2D eigenvalue weighted by Gasteiger charge is -2.36. The van der Waals surface area contributed by atoms with Gasteiger partial charge in [-0.25, -0.2) is 4.98 Å². The predicted octanol–water partition coefficient (Wildman–Crippen LogP) is 5.08. The molecule has 1 aromatic heterocycles. The third-order valence-corrected chi connectivity index (χ3v) is 5.27. The molecule has 2 aromatic rings. The van der Waals surface area contributed by atoms with Crippen LogP contribution in [0.4, 0.5) is 0 Å². The quantitative estimate of drug-likeness (QED) is 0.705. The Hall–Kier alpha value is -1.02. The molecule has 20 heavy (non-hydrogen) atoms. The Morgan fingerprint density at radius 3 is 2.85 bits per heavy atom. The zero-order chi connectivity index (χ0) is 14.3. The third-order valence-electron chi connectivity index (χ3n) is 5.03. The van der Waals surface area contributed by atoms with Crippen LogP contribution in [0.2, 0.25) is 0 Å². The SMILES string of the molecule is Cc1ccc2c(c1)nc(CCl)n2C1CCCC(C)C1C. The summed E-state index contributed by atoms with van der Waals surface area (Å²) in [6.07, 6.45) is 3.90. The molecule has 3 heteroatoms. The molecule has 0 amide bonds. The van der Waals surface area contributed by atoms with Crippen molar-refractivity contribution in [2.75, 3.05) is 0 Å². The summed E-state index contributed by atoms with van der Waals surface area (Å²) in [6.45, 7) is 6.87. The number of rotatable bonds is 2. The first-order chi connectivity index (χ1) is 9.61. The number of fused-ring (bicyclic) bond motifs is 1. The predicted molar refractivity (Wildman–Crippen MR) is 85.2 cm³/mol. The number of nitrogens with zero attached hydrogens (tertiary/aromatic N) is 2. The molecule has 1 aliphatic rings. The van der Waals surface area contributed by atoms with Crippen molar-refractivity contribution in [2.45, 2.75) is 52.0 Å². The molecule has 0 bridgehead atoms. The van der Waals surface area contributed by atoms with Crippen LogP contribution in [-0.2, 0) is 5.88 Å². The fourth-order valence-electron chi connectivity index (χ4n) is 3.64. The van der Waals surface area contributed by atoms with Gasteiger partial charge >= 0.3 is 0 Å². The molecule has 3 rings (SSSR count). The lowest BCUT2D eigenvalue weighted by Crippen LogP contribution is -2.27. The lowest BCUT2D eigenvalue weighted by atomic mass is 9.78. The second kappa shape index (κ2) is 5.40. The average molecular weight is 291 g/mol. The van der Waals surface area contributed by atoms with Gasteiger partial charge in [-0.1, -0.05) is 32.8 Å². The van der Waals surface area contributed by atoms with Crippen LogP contribution in [0.1, 0.15) is 50.5 Å². The van der Waals surface area contributed by atoms with Gasteiger partial charge in [-0.2, -0.15) is 0 Å². The van der Waals surface area contributed by atoms with E-state index < -0.39 is 0 Å². The van der Waals surface area contributed by atoms with Crippen LogP contribution in [0.3, 0.4) is 0 Å². The topological polar surface area (TPSA) is 17.8 Å². The van der Waals surface area contributed by atoms with E-state index in [0.29, 0.717) is 17.8 Å². The second-order valence-electron chi connectivity index (χ2n) is 6.36. The summed E-state index contributed by atoms with van der Waals surface area (Å²) in [5.74, 6) is 2.98. The minimum absolute atomic E-state index is 0.491. The van der Waals surface area contributed by atoms with Gasteiger partial charge in [0, 0.05) is 6.04 Å². The number of halogens is 1. The van der Waals surface area contributed by atoms with E-state index in [0.717, 1.165) is 17.3 Å². The van der Waals surface area contributed by atoms with E-state index in [1.807, 2.05) is 0 Å². The maximum Gasteiger partial charge on any atom is 0.125 e. The molecular weight excluding hydrogens is 268 g/mol. The smallest absolute Gasteiger partial charge is 0.125 e. The van der Waals surface area contributed by atoms with E-state index >= 15 is 0 Å². The average Bonchev–Trinajstić information content (AvgIpc) is 2.79. The van der Waals surface area contributed by atoms with Gasteiger partial charge in [-0.15, -0.1) is 11.6 Å². The van der Waals surface area contributed by atoms with E-state index in [1.165, 1.54) is 30.3 Å². The Kier molecular flexibility index (Phi) is 3.76. The molecule has 0 N–H and O–H groups in total. The fraction of sp³-hybridized carbons (Fsp3) is 0.588. The van der Waals surface area contributed by atoms with E-state index in [4.69, 9.17) is 16.6 Å². The zero-order valence-corrected chi connectivity index (χ0v) is 13.3. The minimum Gasteiger partial charge on any atom is -0.324 e. The molecule has 1 aromatic carbocycles. The van der Waals surface area contributed by atoms with Gasteiger partial charge in [0.25, 0.3) is 0 Å². The highest BCUT2D eigenvalue weighted by molar-refractivity contribution is 6.16. The van der Waals surface area contributed by atoms with Crippen molar-refractivity contribution < 1.29 is 0 Å². The number of aryl methyl sites for hydroxylation is 1. The van der Waals surface area contributed by atoms with Crippen molar-refractivity contribution in [1.82, 2.24) is 9.55 Å². The van der Waals surface area contributed by atoms with Crippen molar-refractivity contribution in [3.63, 3.8) is 0 Å². The highest BCUT2D eigenvalue weighted by Crippen LogP contribution is 2.40. The van der Waals surface area contributed by atoms with E-state index in [-0.39, 0.29) is 0 Å². The van der Waals surface area contributed by atoms with Gasteiger partial charge in [-0.05, 0) is 42.9 Å². The van der Waals surface area contributed by atoms with Crippen molar-refractivity contribution in [1.29, 1.82) is 0 Å². The number of benzene rings is 1. The summed E-state index contributed by atoms with van der Waals surface area (Å²) >= 11 is 6.16. The van der Waals surface area contributed by atoms with Gasteiger partial charge in [0.2, 0.25) is 0 Å². The van der Waals surface area contributed by atoms with Crippen LogP contribution in [0.15, 0.2) is 18.2 Å². The van der Waals surface area contributed by atoms with Crippen LogP contribution in [0.5, 0.6) is 0 Å². The molecule has 1 saturated carbocycles. The van der Waals surface area contributed by atoms with Gasteiger partial charge in [0.15, 0.2) is 0 Å². The molecule has 2 nitrogen and oxygen atoms in total. The molecule has 108 valence electrons. The fourth-order valence-corrected chi connectivity index (χ4v) is 3.83. The summed E-state index contributed by atoms with van der Waals surface area (Å²) in [6, 6.07) is 7.09. The van der Waals surface area contributed by atoms with Gasteiger partial charge in [-0.3, -0.25) is 0 Å². The maximum atomic E-state index is 6.16. The van der Waals surface area contributed by atoms with Crippen molar-refractivity contribution in [3.05, 3.63) is 29.6 Å². The highest BCUT2D eigenvalue weighted by atomic mass is 35.5. The molecular formula is C17H23ClN2. The van der Waals surface area contributed by atoms with Crippen LogP contribution in [-0.4, -0.2) is 9.55 Å². The minimum atomic E-state index is 0.491. The van der Waals surface area contributed by atoms with Crippen molar-refractivity contribution in [3.8, 4) is 0 Å². The molecule has 0 spiro atoms. The normalized spacial score (nSPS) is 27.1. The molecule has 0 radical (unpaired) electrons. The summed E-state index contributed by atoms with van der Waals surface area (Å²) in [5.41, 5.74) is 3.59. The number of alkyl halides is 1. The molecule has 1 heterocycles. The highest BCUT2D eigenvalue weighted by Gasteiger charge is 2.30. The number of aromatic nitrogens is 2. The Bertz CT molecular complexity index is 617. The summed E-state index contributed by atoms with van der Waals surface area (Å²) in [7, 11) is 0. The summed E-state index contributed by atoms with van der Waals surface area (Å²) < 4.78 is 2.42. The van der Waals surface area contributed by atoms with Gasteiger partial charge in [0.05, 0.1) is 16.9 Å². The Balaban J connectivity index is 2.13. The molecule has 0 aliphatic heterocycles. The first-order valence-corrected chi connectivity index (χ1v) is 8.18. The number of imidazole rings is 1. The Morgan fingerprint density at radius 1 is 1.30 bits per heavy atom. The van der Waals surface area contributed by atoms with Crippen LogP contribution >= 0.6 is 11.6 Å². The monoisotopic (exact) mass is 290 g/mol. The van der Waals surface area contributed by atoms with Crippen LogP contribution < -0.4 is 0 Å². The molecule has 0 saturated heterocycles. The summed E-state index contributed by atoms with van der Waals surface area (Å²) in [4.78, 5) is 4.76. The van der Waals surface area contributed by atoms with Crippen molar-refractivity contribution in [2.24, 2.45) is 11.8 Å². The molecule has 3 unspecified atom stereocenters. The van der Waals surface area contributed by atoms with Crippen LogP contribution in [0, 0.1) is 18.8 Å². The second-order valence-corrected chi connectivity index (χ2v) is 6.63. The van der Waals surface area contributed by atoms with Gasteiger partial charge < -0.3 is 4.57 Å². The van der Waals surface area contributed by atoms with E-state index in [9.17, 15) is 0 Å². The standard InChI is InChI=1S/C17H23ClN2/c1-11-7-8-16-14(9-11)19-17(10-18)20(16)15-6-4-5-12(2)13(15)3/h7-9,12-13,15H,4-6,10H2,1-3H3. The Morgan fingerprint density at radius 2 is 2.10 bits per heavy atom. The third kappa shape index (κ3) is 2.24. The van der Waals surface area contributed by atoms with E-state index in [1.54, 1.807) is 0 Å². The van der Waals surface area contributed by atoms with Crippen molar-refractivity contribution >= 4 is 22.6 Å².